The van der Waals surface area contributed by atoms with Crippen LogP contribution in [0.5, 0.6) is 5.75 Å². The van der Waals surface area contributed by atoms with Crippen LogP contribution in [0.4, 0.5) is 4.39 Å². The van der Waals surface area contributed by atoms with Crippen LogP contribution in [0.25, 0.3) is 0 Å². The summed E-state index contributed by atoms with van der Waals surface area (Å²) in [5.74, 6) is -4.08. The van der Waals surface area contributed by atoms with Gasteiger partial charge >= 0.3 is 5.97 Å². The summed E-state index contributed by atoms with van der Waals surface area (Å²) in [6, 6.07) is 2.93. The molecule has 6 N–H and O–H groups in total. The Kier molecular flexibility index (Phi) is 12.8. The topological polar surface area (TPSA) is 227 Å². The first-order chi connectivity index (χ1) is 28.5. The number of carbonyl (C=O) groups excluding carboxylic acids is 5. The largest absolute Gasteiger partial charge is 0.490 e. The van der Waals surface area contributed by atoms with E-state index in [1.165, 1.54) is 12.1 Å². The molecule has 6 aliphatic rings. The summed E-state index contributed by atoms with van der Waals surface area (Å²) in [6.45, 7) is 2.80. The Morgan fingerprint density at radius 3 is 2.52 bits per heavy atom. The first-order valence-corrected chi connectivity index (χ1v) is 21.8. The van der Waals surface area contributed by atoms with Crippen LogP contribution in [0, 0.1) is 34.4 Å². The molecule has 5 aliphatic carbocycles. The molecule has 0 unspecified atom stereocenters. The van der Waals surface area contributed by atoms with E-state index in [1.54, 1.807) is 18.2 Å². The molecule has 5 fully saturated rings. The van der Waals surface area contributed by atoms with Gasteiger partial charge in [0.2, 0.25) is 17.7 Å². The number of hydrogen-bond acceptors (Lipinski definition) is 11. The molecule has 0 radical (unpaired) electrons. The number of carbonyl (C=O) groups is 6. The second-order valence-electron chi connectivity index (χ2n) is 17.6. The van der Waals surface area contributed by atoms with Crippen molar-refractivity contribution in [2.45, 2.75) is 120 Å². The molecule has 1 aromatic carbocycles. The minimum absolute atomic E-state index is 0.00488. The first-order valence-electron chi connectivity index (χ1n) is 20.7. The number of rotatable bonds is 14. The van der Waals surface area contributed by atoms with Gasteiger partial charge in [-0.2, -0.15) is 0 Å². The molecule has 60 heavy (non-hydrogen) atoms. The van der Waals surface area contributed by atoms with E-state index in [9.17, 15) is 39.0 Å². The molecule has 4 saturated carbocycles. The van der Waals surface area contributed by atoms with Crippen molar-refractivity contribution in [1.29, 1.82) is 0 Å². The number of Topliss-reactive ketones (excluding diaryl/α,β-unsaturated/α-hetero) is 1. The molecular formula is C43H53BrFN3O12. The van der Waals surface area contributed by atoms with Crippen LogP contribution in [0.15, 0.2) is 42.0 Å². The van der Waals surface area contributed by atoms with Crippen LogP contribution in [0.3, 0.4) is 0 Å². The number of nitrogens with one attached hydrogen (secondary N) is 3. The number of ether oxygens (including phenoxy) is 3. The number of aliphatic carboxylic acids is 1. The first kappa shape index (κ1) is 44.0. The monoisotopic (exact) mass is 901 g/mol. The summed E-state index contributed by atoms with van der Waals surface area (Å²) < 4.78 is 35.1. The van der Waals surface area contributed by atoms with Gasteiger partial charge in [-0.25, -0.2) is 4.39 Å². The number of halogens is 2. The number of aliphatic hydroxyl groups is 2. The molecule has 326 valence electrons. The number of hydrogen-bond donors (Lipinski definition) is 6. The Labute approximate surface area is 355 Å². The summed E-state index contributed by atoms with van der Waals surface area (Å²) in [5.41, 5.74) is -2.00. The summed E-state index contributed by atoms with van der Waals surface area (Å²) in [5, 5.41) is 39.1. The van der Waals surface area contributed by atoms with Gasteiger partial charge in [-0.05, 0) is 93.9 Å². The fourth-order valence-corrected chi connectivity index (χ4v) is 11.6. The van der Waals surface area contributed by atoms with Crippen molar-refractivity contribution in [3.63, 3.8) is 0 Å². The van der Waals surface area contributed by atoms with Gasteiger partial charge in [-0.1, -0.05) is 41.4 Å². The number of ketones is 2. The maximum atomic E-state index is 16.0. The lowest BCUT2D eigenvalue weighted by Gasteiger charge is -2.59. The van der Waals surface area contributed by atoms with E-state index in [0.717, 1.165) is 5.57 Å². The van der Waals surface area contributed by atoms with Crippen LogP contribution in [0.2, 0.25) is 0 Å². The predicted octanol–water partition coefficient (Wildman–Crippen LogP) is 3.10. The summed E-state index contributed by atoms with van der Waals surface area (Å²) in [7, 11) is 0. The number of allylic oxidation sites excluding steroid dienone is 4. The Bertz CT molecular complexity index is 1970. The number of carboxylic acids is 1. The van der Waals surface area contributed by atoms with E-state index < -0.39 is 82.9 Å². The second-order valence-corrected chi connectivity index (χ2v) is 18.1. The molecule has 10 atom stereocenters. The number of alkyl halides is 1. The number of carboxylic acid groups (broad SMARTS) is 1. The van der Waals surface area contributed by atoms with Crippen LogP contribution in [0.1, 0.15) is 89.9 Å². The second kappa shape index (κ2) is 17.4. The summed E-state index contributed by atoms with van der Waals surface area (Å²) >= 11 is 2.98. The van der Waals surface area contributed by atoms with Crippen molar-refractivity contribution in [2.75, 3.05) is 18.5 Å². The predicted molar refractivity (Wildman–Crippen MR) is 214 cm³/mol. The van der Waals surface area contributed by atoms with Crippen LogP contribution in [-0.4, -0.2) is 105 Å². The van der Waals surface area contributed by atoms with Gasteiger partial charge in [0, 0.05) is 40.8 Å². The van der Waals surface area contributed by atoms with E-state index in [0.29, 0.717) is 44.9 Å². The molecule has 0 aromatic heterocycles. The lowest BCUT2D eigenvalue weighted by molar-refractivity contribution is -0.201. The minimum atomic E-state index is -1.62. The van der Waals surface area contributed by atoms with E-state index >= 15 is 4.39 Å². The molecule has 0 bridgehead atoms. The maximum Gasteiger partial charge on any atom is 0.303 e. The maximum absolute atomic E-state index is 16.0. The number of benzene rings is 1. The van der Waals surface area contributed by atoms with Gasteiger partial charge in [0.15, 0.2) is 23.5 Å². The van der Waals surface area contributed by atoms with Crippen molar-refractivity contribution in [2.24, 2.45) is 28.6 Å². The van der Waals surface area contributed by atoms with Crippen molar-refractivity contribution in [3.8, 4) is 5.75 Å². The third kappa shape index (κ3) is 8.07. The zero-order valence-corrected chi connectivity index (χ0v) is 35.2. The van der Waals surface area contributed by atoms with Gasteiger partial charge in [-0.3, -0.25) is 28.8 Å². The number of fused-ring (bicyclic) bond motifs is 7. The molecule has 3 amide bonds. The molecule has 17 heteroatoms. The summed E-state index contributed by atoms with van der Waals surface area (Å²) in [4.78, 5) is 74.3. The number of aliphatic hydroxyl groups excluding tert-OH is 2. The Morgan fingerprint density at radius 1 is 1.08 bits per heavy atom. The van der Waals surface area contributed by atoms with Gasteiger partial charge in [0.1, 0.15) is 24.2 Å². The van der Waals surface area contributed by atoms with Crippen molar-refractivity contribution in [1.82, 2.24) is 16.0 Å². The zero-order valence-electron chi connectivity index (χ0n) is 33.6. The van der Waals surface area contributed by atoms with Gasteiger partial charge < -0.3 is 45.5 Å². The quantitative estimate of drug-likeness (QED) is 0.148. The average molecular weight is 903 g/mol. The van der Waals surface area contributed by atoms with Crippen molar-refractivity contribution in [3.05, 3.63) is 53.4 Å². The minimum Gasteiger partial charge on any atom is -0.490 e. The third-order valence-electron chi connectivity index (χ3n) is 14.2. The highest BCUT2D eigenvalue weighted by Crippen LogP contribution is 2.70. The molecule has 15 nitrogen and oxygen atoms in total. The van der Waals surface area contributed by atoms with Crippen LogP contribution in [-0.2, 0) is 38.2 Å². The standard InChI is InChI=1S/C43H53BrFN3O12/c1-41-14-13-24(50)15-22(41)3-9-27-29-17-34-43(33(52)21-49,42(29,2)18-32(51)38(27)41)60-40(59-34)28-10-8-26(16-30(28)45)58-25-6-4-23(5-7-25)47-39(57)31(11-12-37(55)56)48-36(54)20-46-35(53)19-44/h8,10,13-16,23,25,27,29,31-32,34,38,40,49,51H,3-7,9,11-12,17-21H2,1-2H3,(H,46,53)(H,47,57)(H,48,54)(H,55,56)/t23?,25?,27-,29-,31-,32-,34+,38+,40+,41-,42-,43+/m0/s1. The Balaban J connectivity index is 0.973. The smallest absolute Gasteiger partial charge is 0.303 e. The SMILES string of the molecule is C[C@]12C=CC(=O)C=C1CC[C@@H]1[C@@H]2[C@@H](O)C[C@@]2(C)[C@H]1C[C@H]1O[C@@H](c3ccc(OC4CCC(NC(=O)[C@H](CCC(=O)O)NC(=O)CNC(=O)CBr)CC4)cc3F)O[C@]12C(=O)CO. The van der Waals surface area contributed by atoms with Crippen molar-refractivity contribution < 1.29 is 62.7 Å². The molecule has 1 aliphatic heterocycles. The normalized spacial score (nSPS) is 35.8. The van der Waals surface area contributed by atoms with Gasteiger partial charge in [-0.15, -0.1) is 0 Å². The van der Waals surface area contributed by atoms with Crippen LogP contribution < -0.4 is 20.7 Å². The summed E-state index contributed by atoms with van der Waals surface area (Å²) in [6.07, 6.45) is 5.54. The molecule has 0 spiro atoms. The fourth-order valence-electron chi connectivity index (χ4n) is 11.4. The third-order valence-corrected chi connectivity index (χ3v) is 14.7. The molecule has 7 rings (SSSR count). The lowest BCUT2D eigenvalue weighted by atomic mass is 9.46. The fraction of sp³-hybridized carbons (Fsp3) is 0.628. The molecule has 1 saturated heterocycles. The number of amides is 3. The zero-order chi connectivity index (χ0) is 43.1. The lowest BCUT2D eigenvalue weighted by Crippen LogP contribution is -2.63. The molecule has 1 aromatic rings. The highest BCUT2D eigenvalue weighted by molar-refractivity contribution is 9.09. The Hall–Kier alpha value is -4.03. The highest BCUT2D eigenvalue weighted by Gasteiger charge is 2.76. The van der Waals surface area contributed by atoms with E-state index in [4.69, 9.17) is 19.3 Å². The molecular weight excluding hydrogens is 849 g/mol. The Morgan fingerprint density at radius 2 is 1.83 bits per heavy atom. The van der Waals surface area contributed by atoms with Crippen molar-refractivity contribution >= 4 is 51.2 Å². The van der Waals surface area contributed by atoms with Gasteiger partial charge in [0.05, 0.1) is 30.2 Å². The van der Waals surface area contributed by atoms with E-state index in [2.05, 4.69) is 38.8 Å². The molecule has 1 heterocycles. The van der Waals surface area contributed by atoms with Crippen LogP contribution >= 0.6 is 15.9 Å². The highest BCUT2D eigenvalue weighted by atomic mass is 79.9. The van der Waals surface area contributed by atoms with E-state index in [1.807, 2.05) is 13.0 Å². The average Bonchev–Trinajstić information content (AvgIpc) is 3.71. The van der Waals surface area contributed by atoms with Gasteiger partial charge in [0.25, 0.3) is 0 Å². The van der Waals surface area contributed by atoms with E-state index in [-0.39, 0.29) is 78.1 Å².